The SMILES string of the molecule is C[C@@H]1CNCCN1Cc1ccnc2ccccc12. The molecule has 3 nitrogen and oxygen atoms in total. The zero-order valence-corrected chi connectivity index (χ0v) is 10.8. The first-order valence-corrected chi connectivity index (χ1v) is 6.62. The highest BCUT2D eigenvalue weighted by Gasteiger charge is 2.18. The second kappa shape index (κ2) is 5.04. The number of aromatic nitrogens is 1. The van der Waals surface area contributed by atoms with Crippen LogP contribution in [0.15, 0.2) is 36.5 Å². The molecule has 3 rings (SSSR count). The Hall–Kier alpha value is -1.45. The molecule has 0 saturated carbocycles. The molecule has 1 atom stereocenters. The molecule has 1 aliphatic rings. The Morgan fingerprint density at radius 3 is 3.11 bits per heavy atom. The number of benzene rings is 1. The van der Waals surface area contributed by atoms with E-state index in [2.05, 4.69) is 46.4 Å². The van der Waals surface area contributed by atoms with Crippen LogP contribution in [0.2, 0.25) is 0 Å². The number of rotatable bonds is 2. The third-order valence-electron chi connectivity index (χ3n) is 3.75. The molecule has 0 radical (unpaired) electrons. The lowest BCUT2D eigenvalue weighted by atomic mass is 10.1. The Bertz CT molecular complexity index is 533. The molecule has 1 aliphatic heterocycles. The quantitative estimate of drug-likeness (QED) is 0.872. The van der Waals surface area contributed by atoms with E-state index < -0.39 is 0 Å². The molecule has 1 aromatic heterocycles. The molecule has 0 spiro atoms. The van der Waals surface area contributed by atoms with Crippen molar-refractivity contribution >= 4 is 10.9 Å². The zero-order valence-electron chi connectivity index (χ0n) is 10.8. The summed E-state index contributed by atoms with van der Waals surface area (Å²) in [6.45, 7) is 6.61. The maximum atomic E-state index is 4.42. The number of para-hydroxylation sites is 1. The summed E-state index contributed by atoms with van der Waals surface area (Å²) in [7, 11) is 0. The number of fused-ring (bicyclic) bond motifs is 1. The van der Waals surface area contributed by atoms with Gasteiger partial charge in [-0.05, 0) is 24.6 Å². The van der Waals surface area contributed by atoms with Gasteiger partial charge in [0.1, 0.15) is 0 Å². The Balaban J connectivity index is 1.90. The van der Waals surface area contributed by atoms with E-state index in [1.54, 1.807) is 0 Å². The molecule has 18 heavy (non-hydrogen) atoms. The van der Waals surface area contributed by atoms with Crippen LogP contribution in [0.25, 0.3) is 10.9 Å². The van der Waals surface area contributed by atoms with Gasteiger partial charge in [0.05, 0.1) is 5.52 Å². The van der Waals surface area contributed by atoms with E-state index in [4.69, 9.17) is 0 Å². The van der Waals surface area contributed by atoms with Crippen LogP contribution in [-0.2, 0) is 6.54 Å². The number of piperazine rings is 1. The predicted octanol–water partition coefficient (Wildman–Crippen LogP) is 2.03. The molecule has 0 aliphatic carbocycles. The van der Waals surface area contributed by atoms with Gasteiger partial charge in [0.25, 0.3) is 0 Å². The number of pyridine rings is 1. The number of hydrogen-bond acceptors (Lipinski definition) is 3. The van der Waals surface area contributed by atoms with Crippen LogP contribution in [0.3, 0.4) is 0 Å². The van der Waals surface area contributed by atoms with Gasteiger partial charge >= 0.3 is 0 Å². The molecule has 1 N–H and O–H groups in total. The molecule has 0 unspecified atom stereocenters. The second-order valence-corrected chi connectivity index (χ2v) is 5.01. The van der Waals surface area contributed by atoms with Crippen LogP contribution in [-0.4, -0.2) is 35.6 Å². The molecular formula is C15H19N3. The minimum absolute atomic E-state index is 0.602. The van der Waals surface area contributed by atoms with Gasteiger partial charge in [-0.3, -0.25) is 9.88 Å². The van der Waals surface area contributed by atoms with Crippen molar-refractivity contribution in [1.29, 1.82) is 0 Å². The van der Waals surface area contributed by atoms with Crippen molar-refractivity contribution in [1.82, 2.24) is 15.2 Å². The van der Waals surface area contributed by atoms with Crippen molar-refractivity contribution in [2.75, 3.05) is 19.6 Å². The van der Waals surface area contributed by atoms with Gasteiger partial charge in [0.15, 0.2) is 0 Å². The fraction of sp³-hybridized carbons (Fsp3) is 0.400. The average Bonchev–Trinajstić information content (AvgIpc) is 2.42. The molecule has 1 fully saturated rings. The summed E-state index contributed by atoms with van der Waals surface area (Å²) in [5, 5.41) is 4.72. The third kappa shape index (κ3) is 2.24. The van der Waals surface area contributed by atoms with Crippen molar-refractivity contribution in [3.63, 3.8) is 0 Å². The highest BCUT2D eigenvalue weighted by molar-refractivity contribution is 5.81. The molecule has 2 aromatic rings. The lowest BCUT2D eigenvalue weighted by molar-refractivity contribution is 0.166. The fourth-order valence-electron chi connectivity index (χ4n) is 2.63. The number of hydrogen-bond donors (Lipinski definition) is 1. The van der Waals surface area contributed by atoms with Gasteiger partial charge in [-0.1, -0.05) is 18.2 Å². The minimum atomic E-state index is 0.602. The monoisotopic (exact) mass is 241 g/mol. The van der Waals surface area contributed by atoms with Crippen molar-refractivity contribution in [3.05, 3.63) is 42.1 Å². The molecule has 94 valence electrons. The van der Waals surface area contributed by atoms with Crippen LogP contribution in [0.4, 0.5) is 0 Å². The van der Waals surface area contributed by atoms with Gasteiger partial charge < -0.3 is 5.32 Å². The molecule has 0 amide bonds. The van der Waals surface area contributed by atoms with Crippen LogP contribution in [0.5, 0.6) is 0 Å². The first-order valence-electron chi connectivity index (χ1n) is 6.62. The van der Waals surface area contributed by atoms with Crippen LogP contribution >= 0.6 is 0 Å². The van der Waals surface area contributed by atoms with Gasteiger partial charge in [-0.25, -0.2) is 0 Å². The van der Waals surface area contributed by atoms with E-state index in [1.807, 2.05) is 12.3 Å². The van der Waals surface area contributed by atoms with E-state index >= 15 is 0 Å². The van der Waals surface area contributed by atoms with Crippen LogP contribution in [0.1, 0.15) is 12.5 Å². The molecule has 2 heterocycles. The van der Waals surface area contributed by atoms with Crippen molar-refractivity contribution in [3.8, 4) is 0 Å². The summed E-state index contributed by atoms with van der Waals surface area (Å²) in [5.74, 6) is 0. The molecule has 3 heteroatoms. The largest absolute Gasteiger partial charge is 0.314 e. The fourth-order valence-corrected chi connectivity index (χ4v) is 2.63. The minimum Gasteiger partial charge on any atom is -0.314 e. The maximum absolute atomic E-state index is 4.42. The molecule has 1 saturated heterocycles. The maximum Gasteiger partial charge on any atom is 0.0705 e. The highest BCUT2D eigenvalue weighted by atomic mass is 15.2. The first-order chi connectivity index (χ1) is 8.84. The van der Waals surface area contributed by atoms with E-state index in [0.717, 1.165) is 31.7 Å². The smallest absolute Gasteiger partial charge is 0.0705 e. The Kier molecular flexibility index (Phi) is 3.26. The third-order valence-corrected chi connectivity index (χ3v) is 3.75. The van der Waals surface area contributed by atoms with Crippen LogP contribution in [0, 0.1) is 0 Å². The lowest BCUT2D eigenvalue weighted by Gasteiger charge is -2.34. The Morgan fingerprint density at radius 2 is 2.22 bits per heavy atom. The van der Waals surface area contributed by atoms with E-state index in [1.165, 1.54) is 10.9 Å². The van der Waals surface area contributed by atoms with Crippen LogP contribution < -0.4 is 5.32 Å². The Labute approximate surface area is 108 Å². The van der Waals surface area contributed by atoms with E-state index in [-0.39, 0.29) is 0 Å². The van der Waals surface area contributed by atoms with Gasteiger partial charge in [-0.2, -0.15) is 0 Å². The van der Waals surface area contributed by atoms with E-state index in [9.17, 15) is 0 Å². The van der Waals surface area contributed by atoms with Crippen molar-refractivity contribution < 1.29 is 0 Å². The lowest BCUT2D eigenvalue weighted by Crippen LogP contribution is -2.49. The molecule has 0 bridgehead atoms. The van der Waals surface area contributed by atoms with Gasteiger partial charge in [-0.15, -0.1) is 0 Å². The van der Waals surface area contributed by atoms with Gasteiger partial charge in [0.2, 0.25) is 0 Å². The summed E-state index contributed by atoms with van der Waals surface area (Å²) in [5.41, 5.74) is 2.48. The Morgan fingerprint density at radius 1 is 1.33 bits per heavy atom. The average molecular weight is 241 g/mol. The number of nitrogens with one attached hydrogen (secondary N) is 1. The summed E-state index contributed by atoms with van der Waals surface area (Å²) >= 11 is 0. The molecular weight excluding hydrogens is 222 g/mol. The second-order valence-electron chi connectivity index (χ2n) is 5.01. The normalized spacial score (nSPS) is 21.3. The zero-order chi connectivity index (χ0) is 12.4. The van der Waals surface area contributed by atoms with E-state index in [0.29, 0.717) is 6.04 Å². The number of nitrogens with zero attached hydrogens (tertiary/aromatic N) is 2. The highest BCUT2D eigenvalue weighted by Crippen LogP contribution is 2.19. The first kappa shape index (κ1) is 11.6. The molecule has 1 aromatic carbocycles. The predicted molar refractivity (Wildman–Crippen MR) is 74.5 cm³/mol. The van der Waals surface area contributed by atoms with Crippen molar-refractivity contribution in [2.24, 2.45) is 0 Å². The van der Waals surface area contributed by atoms with Crippen molar-refractivity contribution in [2.45, 2.75) is 19.5 Å². The summed E-state index contributed by atoms with van der Waals surface area (Å²) < 4.78 is 0. The summed E-state index contributed by atoms with van der Waals surface area (Å²) in [4.78, 5) is 6.96. The summed E-state index contributed by atoms with van der Waals surface area (Å²) in [6.07, 6.45) is 1.92. The summed E-state index contributed by atoms with van der Waals surface area (Å²) in [6, 6.07) is 11.1. The topological polar surface area (TPSA) is 28.2 Å². The van der Waals surface area contributed by atoms with Gasteiger partial charge in [0, 0.05) is 43.8 Å². The standard InChI is InChI=1S/C15H19N3/c1-12-10-16-8-9-18(12)11-13-6-7-17-15-5-3-2-4-14(13)15/h2-7,12,16H,8-11H2,1H3/t12-/m1/s1.